The molecule has 1 amide bonds. The Hall–Kier alpha value is -4.11. The highest BCUT2D eigenvalue weighted by molar-refractivity contribution is 6.04. The summed E-state index contributed by atoms with van der Waals surface area (Å²) in [6.07, 6.45) is 8.89. The minimum Gasteiger partial charge on any atom is -0.481 e. The smallest absolute Gasteiger partial charge is 0.338 e. The Kier molecular flexibility index (Phi) is 33.4. The van der Waals surface area contributed by atoms with E-state index in [4.69, 9.17) is 36.1 Å². The van der Waals surface area contributed by atoms with Crippen LogP contribution in [0.2, 0.25) is 0 Å². The van der Waals surface area contributed by atoms with Crippen molar-refractivity contribution in [1.82, 2.24) is 5.32 Å². The normalized spacial score (nSPS) is 10.6. The molecule has 0 radical (unpaired) electrons. The average Bonchev–Trinajstić information content (AvgIpc) is 3.21. The molecule has 0 aromatic rings. The van der Waals surface area contributed by atoms with Crippen molar-refractivity contribution < 1.29 is 63.8 Å². The third-order valence-electron chi connectivity index (χ3n) is 3.40. The predicted molar refractivity (Wildman–Crippen MR) is 133 cm³/mol. The molecule has 0 aliphatic carbocycles. The minimum absolute atomic E-state index is 0.132. The molecular formula is C23H38N2O13. The fraction of sp³-hybridized carbons (Fsp3) is 0.522. The Balaban J connectivity index is -0.000000221. The molecule has 0 unspecified atom stereocenters. The number of hydrogen-bond donors (Lipinski definition) is 7. The van der Waals surface area contributed by atoms with Crippen molar-refractivity contribution in [1.29, 1.82) is 0 Å². The number of cyclic esters (lactones) is 2. The maximum Gasteiger partial charge on any atom is 0.338 e. The van der Waals surface area contributed by atoms with Crippen LogP contribution in [0, 0.1) is 0 Å². The summed E-state index contributed by atoms with van der Waals surface area (Å²) in [4.78, 5) is 69.9. The topological polar surface area (TPSA) is 268 Å². The molecule has 0 fully saturated rings. The Labute approximate surface area is 220 Å². The number of nitrogens with one attached hydrogen (secondary N) is 1. The number of carbonyl (C=O) groups excluding carboxylic acids is 3. The Morgan fingerprint density at radius 3 is 1.53 bits per heavy atom. The number of esters is 2. The van der Waals surface area contributed by atoms with E-state index < -0.39 is 41.7 Å². The van der Waals surface area contributed by atoms with Gasteiger partial charge in [0.25, 0.3) is 5.97 Å². The van der Waals surface area contributed by atoms with E-state index in [-0.39, 0.29) is 12.8 Å². The molecule has 1 aliphatic heterocycles. The lowest BCUT2D eigenvalue weighted by Crippen LogP contribution is -2.22. The van der Waals surface area contributed by atoms with E-state index in [0.29, 0.717) is 25.9 Å². The molecule has 38 heavy (non-hydrogen) atoms. The zero-order valence-corrected chi connectivity index (χ0v) is 21.5. The van der Waals surface area contributed by atoms with Gasteiger partial charge < -0.3 is 41.3 Å². The quantitative estimate of drug-likeness (QED) is 0.0703. The van der Waals surface area contributed by atoms with Crippen LogP contribution in [0.1, 0.15) is 58.3 Å². The SMILES string of the molecule is CC(=O)O.CO.NCCCCCC(=O)O.O=C(O)/C=C\C(=O)NCCCCCC(=O)O.O=C1C=CC(=O)O1. The third-order valence-corrected chi connectivity index (χ3v) is 3.40. The Morgan fingerprint density at radius 1 is 0.789 bits per heavy atom. The highest BCUT2D eigenvalue weighted by Gasteiger charge is 2.10. The number of amides is 1. The van der Waals surface area contributed by atoms with Crippen molar-refractivity contribution in [2.24, 2.45) is 5.73 Å². The summed E-state index contributed by atoms with van der Waals surface area (Å²) in [5.41, 5.74) is 5.20. The molecule has 0 saturated heterocycles. The number of aliphatic carboxylic acids is 4. The number of ether oxygens (including phenoxy) is 1. The van der Waals surface area contributed by atoms with Gasteiger partial charge in [-0.15, -0.1) is 0 Å². The van der Waals surface area contributed by atoms with Gasteiger partial charge in [-0.2, -0.15) is 0 Å². The summed E-state index contributed by atoms with van der Waals surface area (Å²) in [6.45, 7) is 2.17. The number of nitrogens with two attached hydrogens (primary N) is 1. The van der Waals surface area contributed by atoms with Crippen molar-refractivity contribution in [3.63, 3.8) is 0 Å². The Morgan fingerprint density at radius 2 is 1.21 bits per heavy atom. The number of carbonyl (C=O) groups is 7. The van der Waals surface area contributed by atoms with E-state index >= 15 is 0 Å². The van der Waals surface area contributed by atoms with Gasteiger partial charge in [0.05, 0.1) is 0 Å². The third kappa shape index (κ3) is 49.1. The fourth-order valence-corrected chi connectivity index (χ4v) is 1.90. The maximum absolute atomic E-state index is 10.9. The maximum atomic E-state index is 10.9. The number of carboxylic acids is 4. The first-order valence-electron chi connectivity index (χ1n) is 11.2. The van der Waals surface area contributed by atoms with Gasteiger partial charge in [-0.05, 0) is 32.2 Å². The van der Waals surface area contributed by atoms with Gasteiger partial charge in [0.15, 0.2) is 0 Å². The number of rotatable bonds is 13. The van der Waals surface area contributed by atoms with E-state index in [1.807, 2.05) is 0 Å². The summed E-state index contributed by atoms with van der Waals surface area (Å²) in [6, 6.07) is 0. The fourth-order valence-electron chi connectivity index (χ4n) is 1.90. The van der Waals surface area contributed by atoms with Crippen molar-refractivity contribution in [3.05, 3.63) is 24.3 Å². The monoisotopic (exact) mass is 550 g/mol. The Bertz CT molecular complexity index is 757. The predicted octanol–water partition coefficient (Wildman–Crippen LogP) is 0.304. The van der Waals surface area contributed by atoms with Crippen LogP contribution < -0.4 is 11.1 Å². The van der Waals surface area contributed by atoms with Gasteiger partial charge in [0, 0.05) is 57.7 Å². The number of unbranched alkanes of at least 4 members (excludes halogenated alkanes) is 4. The molecule has 1 rings (SSSR count). The molecular weight excluding hydrogens is 512 g/mol. The van der Waals surface area contributed by atoms with Crippen molar-refractivity contribution in [2.45, 2.75) is 58.3 Å². The van der Waals surface area contributed by atoms with Crippen molar-refractivity contribution in [3.8, 4) is 0 Å². The molecule has 0 aromatic heterocycles. The number of aliphatic hydroxyl groups is 1. The van der Waals surface area contributed by atoms with Crippen LogP contribution in [0.15, 0.2) is 24.3 Å². The summed E-state index contributed by atoms with van der Waals surface area (Å²) in [5.74, 6) is -5.16. The number of aliphatic hydroxyl groups excluding tert-OH is 1. The molecule has 15 heteroatoms. The molecule has 0 saturated carbocycles. The summed E-state index contributed by atoms with van der Waals surface area (Å²) in [7, 11) is 1.00. The lowest BCUT2D eigenvalue weighted by atomic mass is 10.2. The van der Waals surface area contributed by atoms with Gasteiger partial charge in [-0.3, -0.25) is 19.2 Å². The molecule has 15 nitrogen and oxygen atoms in total. The summed E-state index contributed by atoms with van der Waals surface area (Å²) in [5, 5.41) is 41.7. The molecule has 218 valence electrons. The van der Waals surface area contributed by atoms with E-state index in [1.165, 1.54) is 0 Å². The summed E-state index contributed by atoms with van der Waals surface area (Å²) < 4.78 is 3.97. The number of hydrogen-bond acceptors (Lipinski definition) is 10. The largest absolute Gasteiger partial charge is 0.481 e. The van der Waals surface area contributed by atoms with Gasteiger partial charge in [0.1, 0.15) is 0 Å². The van der Waals surface area contributed by atoms with Gasteiger partial charge in [-0.1, -0.05) is 12.8 Å². The molecule has 0 spiro atoms. The number of carboxylic acid groups (broad SMARTS) is 4. The first kappa shape index (κ1) is 41.0. The molecule has 0 atom stereocenters. The van der Waals surface area contributed by atoms with E-state index in [2.05, 4.69) is 10.1 Å². The van der Waals surface area contributed by atoms with Crippen LogP contribution >= 0.6 is 0 Å². The second-order valence-corrected chi connectivity index (χ2v) is 6.75. The van der Waals surface area contributed by atoms with Crippen molar-refractivity contribution >= 4 is 41.7 Å². The van der Waals surface area contributed by atoms with Gasteiger partial charge in [-0.25, -0.2) is 14.4 Å². The first-order valence-corrected chi connectivity index (χ1v) is 11.2. The highest BCUT2D eigenvalue weighted by atomic mass is 16.6. The molecule has 0 bridgehead atoms. The van der Waals surface area contributed by atoms with Crippen LogP contribution in [0.5, 0.6) is 0 Å². The van der Waals surface area contributed by atoms with E-state index in [9.17, 15) is 28.8 Å². The lowest BCUT2D eigenvalue weighted by Gasteiger charge is -2.00. The first-order chi connectivity index (χ1) is 17.8. The van der Waals surface area contributed by atoms with Gasteiger partial charge in [0.2, 0.25) is 5.91 Å². The zero-order chi connectivity index (χ0) is 30.4. The minimum atomic E-state index is -1.17. The second kappa shape index (κ2) is 30.9. The summed E-state index contributed by atoms with van der Waals surface area (Å²) >= 11 is 0. The van der Waals surface area contributed by atoms with Crippen molar-refractivity contribution in [2.75, 3.05) is 20.2 Å². The lowest BCUT2D eigenvalue weighted by molar-refractivity contribution is -0.150. The van der Waals surface area contributed by atoms with E-state index in [0.717, 1.165) is 64.0 Å². The highest BCUT2D eigenvalue weighted by Crippen LogP contribution is 1.98. The van der Waals surface area contributed by atoms with Crippen LogP contribution in [-0.2, 0) is 38.3 Å². The molecule has 1 aliphatic rings. The second-order valence-electron chi connectivity index (χ2n) is 6.75. The molecule has 8 N–H and O–H groups in total. The zero-order valence-electron chi connectivity index (χ0n) is 21.5. The molecule has 1 heterocycles. The van der Waals surface area contributed by atoms with Crippen LogP contribution in [0.25, 0.3) is 0 Å². The molecule has 0 aromatic carbocycles. The average molecular weight is 551 g/mol. The van der Waals surface area contributed by atoms with E-state index in [1.54, 1.807) is 0 Å². The van der Waals surface area contributed by atoms with Crippen LogP contribution in [0.3, 0.4) is 0 Å². The van der Waals surface area contributed by atoms with Crippen LogP contribution in [0.4, 0.5) is 0 Å². The van der Waals surface area contributed by atoms with Gasteiger partial charge >= 0.3 is 29.8 Å². The van der Waals surface area contributed by atoms with Crippen LogP contribution in [-0.4, -0.2) is 87.5 Å². The standard InChI is InChI=1S/C10H15NO5.C6H13NO2.C4H2O3.C2H4O2.CH4O/c12-8(5-6-10(15)16)11-7-3-1-2-4-9(13)14;7-5-3-1-2-4-6(8)9;5-3-1-2-4(6)7-3;1-2(3)4;1-2/h5-6H,1-4,7H2,(H,11,12)(H,13,14)(H,15,16);1-5,7H2,(H,8,9);1-2H;1H3,(H,3,4);2H,1H3/b6-5-;;;;.